The summed E-state index contributed by atoms with van der Waals surface area (Å²) in [7, 11) is -0.332. The maximum Gasteiger partial charge on any atom is 0.0871 e. The average molecular weight is 115 g/mol. The Labute approximate surface area is 46.1 Å². The fraction of sp³-hybridized carbons (Fsp3) is 0.800. The molecule has 0 amide bonds. The minimum absolute atomic E-state index is 0.332. The summed E-state index contributed by atoms with van der Waals surface area (Å²) >= 11 is 0. The average Bonchev–Trinajstić information content (AvgIpc) is 1.65. The van der Waals surface area contributed by atoms with Gasteiger partial charge in [0.2, 0.25) is 0 Å². The molecule has 0 fully saturated rings. The minimum atomic E-state index is -0.332. The molecule has 0 aromatic carbocycles. The first-order chi connectivity index (χ1) is 3.18. The Morgan fingerprint density at radius 3 is 2.00 bits per heavy atom. The lowest BCUT2D eigenvalue weighted by Crippen LogP contribution is -1.86. The van der Waals surface area contributed by atoms with Crippen LogP contribution < -0.4 is 0 Å². The van der Waals surface area contributed by atoms with Gasteiger partial charge in [-0.15, -0.1) is 0 Å². The third-order valence-electron chi connectivity index (χ3n) is 0.932. The highest BCUT2D eigenvalue weighted by Gasteiger charge is 2.01. The van der Waals surface area contributed by atoms with Crippen LogP contribution in [0.3, 0.4) is 0 Å². The molecule has 0 bridgehead atoms. The van der Waals surface area contributed by atoms with Gasteiger partial charge in [0, 0.05) is 7.92 Å². The summed E-state index contributed by atoms with van der Waals surface area (Å²) in [6.07, 6.45) is 0. The van der Waals surface area contributed by atoms with Gasteiger partial charge in [0.15, 0.2) is 0 Å². The molecule has 1 unspecified atom stereocenters. The molecule has 1 nitrogen and oxygen atoms in total. The van der Waals surface area contributed by atoms with Crippen molar-refractivity contribution < 1.29 is 0 Å². The van der Waals surface area contributed by atoms with Gasteiger partial charge in [-0.1, -0.05) is 13.8 Å². The summed E-state index contributed by atoms with van der Waals surface area (Å²) in [5.74, 6) is 2.23. The van der Waals surface area contributed by atoms with E-state index in [1.807, 2.05) is 6.66 Å². The summed E-state index contributed by atoms with van der Waals surface area (Å²) < 4.78 is 0. The molecule has 1 atom stereocenters. The third-order valence-corrected chi connectivity index (χ3v) is 2.80. The molecule has 0 rings (SSSR count). The van der Waals surface area contributed by atoms with Crippen LogP contribution >= 0.6 is 7.92 Å². The van der Waals surface area contributed by atoms with Crippen molar-refractivity contribution in [3.05, 3.63) is 0 Å². The summed E-state index contributed by atoms with van der Waals surface area (Å²) in [4.78, 5) is 0. The highest BCUT2D eigenvalue weighted by molar-refractivity contribution is 7.62. The van der Waals surface area contributed by atoms with E-state index in [9.17, 15) is 0 Å². The van der Waals surface area contributed by atoms with Gasteiger partial charge in [-0.2, -0.15) is 5.26 Å². The zero-order valence-corrected chi connectivity index (χ0v) is 5.87. The zero-order chi connectivity index (χ0) is 5.86. The molecule has 0 aliphatic heterocycles. The second kappa shape index (κ2) is 2.99. The molecular formula is C5H10NP. The molecule has 0 saturated heterocycles. The first-order valence-electron chi connectivity index (χ1n) is 2.31. The Balaban J connectivity index is 3.40. The molecule has 0 saturated carbocycles. The zero-order valence-electron chi connectivity index (χ0n) is 4.97. The number of nitrogens with zero attached hydrogens (tertiary/aromatic N) is 1. The largest absolute Gasteiger partial charge is 0.193 e. The van der Waals surface area contributed by atoms with Gasteiger partial charge in [0.25, 0.3) is 0 Å². The fourth-order valence-electron chi connectivity index (χ4n) is 0.115. The van der Waals surface area contributed by atoms with Gasteiger partial charge in [-0.3, -0.25) is 0 Å². The Kier molecular flexibility index (Phi) is 2.96. The van der Waals surface area contributed by atoms with Crippen molar-refractivity contribution in [1.29, 1.82) is 5.26 Å². The Hall–Kier alpha value is -0.0800. The summed E-state index contributed by atoms with van der Waals surface area (Å²) in [6, 6.07) is 0. The first kappa shape index (κ1) is 6.92. The predicted octanol–water partition coefficient (Wildman–Crippen LogP) is 1.99. The van der Waals surface area contributed by atoms with Crippen LogP contribution in [0.15, 0.2) is 0 Å². The van der Waals surface area contributed by atoms with Crippen molar-refractivity contribution in [3.63, 3.8) is 0 Å². The summed E-state index contributed by atoms with van der Waals surface area (Å²) in [5.41, 5.74) is 0.569. The normalized spacial score (nSPS) is 13.6. The van der Waals surface area contributed by atoms with Gasteiger partial charge >= 0.3 is 0 Å². The van der Waals surface area contributed by atoms with Gasteiger partial charge in [-0.25, -0.2) is 0 Å². The molecule has 0 heterocycles. The van der Waals surface area contributed by atoms with Crippen molar-refractivity contribution in [2.75, 3.05) is 6.66 Å². The molecule has 40 valence electrons. The Bertz CT molecular complexity index is 82.6. The fourth-order valence-corrected chi connectivity index (χ4v) is 0.346. The van der Waals surface area contributed by atoms with Crippen LogP contribution in [0.2, 0.25) is 0 Å². The van der Waals surface area contributed by atoms with E-state index in [0.717, 1.165) is 0 Å². The van der Waals surface area contributed by atoms with E-state index >= 15 is 0 Å². The monoisotopic (exact) mass is 115 g/mol. The van der Waals surface area contributed by atoms with E-state index in [2.05, 4.69) is 19.7 Å². The van der Waals surface area contributed by atoms with Crippen molar-refractivity contribution in [2.45, 2.75) is 19.5 Å². The predicted molar refractivity (Wildman–Crippen MR) is 33.6 cm³/mol. The van der Waals surface area contributed by atoms with Crippen molar-refractivity contribution >= 4 is 7.92 Å². The maximum atomic E-state index is 8.28. The minimum Gasteiger partial charge on any atom is -0.193 e. The second-order valence-corrected chi connectivity index (χ2v) is 4.26. The van der Waals surface area contributed by atoms with Crippen molar-refractivity contribution in [1.82, 2.24) is 0 Å². The van der Waals surface area contributed by atoms with E-state index in [1.165, 1.54) is 0 Å². The highest BCUT2D eigenvalue weighted by atomic mass is 31.1. The molecule has 0 aromatic heterocycles. The quantitative estimate of drug-likeness (QED) is 0.479. The molecule has 2 heteroatoms. The standard InChI is InChI=1S/C5H10NP/c1-5(2)7(3)4-6/h5H,1-3H3. The van der Waals surface area contributed by atoms with Crippen LogP contribution in [0.5, 0.6) is 0 Å². The number of hydrogen-bond donors (Lipinski definition) is 0. The number of hydrogen-bond acceptors (Lipinski definition) is 1. The SMILES string of the molecule is CC(C)P(C)C#N. The lowest BCUT2D eigenvalue weighted by molar-refractivity contribution is 1.10. The van der Waals surface area contributed by atoms with Crippen molar-refractivity contribution in [3.8, 4) is 5.81 Å². The van der Waals surface area contributed by atoms with Crippen LogP contribution in [0.1, 0.15) is 13.8 Å². The van der Waals surface area contributed by atoms with Gasteiger partial charge in [-0.05, 0) is 12.3 Å². The van der Waals surface area contributed by atoms with Gasteiger partial charge in [0.1, 0.15) is 0 Å². The second-order valence-electron chi connectivity index (χ2n) is 1.80. The van der Waals surface area contributed by atoms with Gasteiger partial charge < -0.3 is 0 Å². The molecule has 0 N–H and O–H groups in total. The summed E-state index contributed by atoms with van der Waals surface area (Å²) in [6.45, 7) is 6.16. The molecule has 0 aliphatic carbocycles. The van der Waals surface area contributed by atoms with Crippen LogP contribution in [-0.4, -0.2) is 12.3 Å². The Morgan fingerprint density at radius 1 is 1.57 bits per heavy atom. The molecule has 0 aromatic rings. The molecular weight excluding hydrogens is 105 g/mol. The molecule has 0 aliphatic rings. The first-order valence-corrected chi connectivity index (χ1v) is 4.17. The van der Waals surface area contributed by atoms with Crippen molar-refractivity contribution in [2.24, 2.45) is 0 Å². The van der Waals surface area contributed by atoms with Gasteiger partial charge in [0.05, 0.1) is 5.81 Å². The third kappa shape index (κ3) is 2.60. The van der Waals surface area contributed by atoms with Crippen LogP contribution in [0.25, 0.3) is 0 Å². The van der Waals surface area contributed by atoms with Crippen LogP contribution in [0.4, 0.5) is 0 Å². The lowest BCUT2D eigenvalue weighted by Gasteiger charge is -2.02. The van der Waals surface area contributed by atoms with Crippen LogP contribution in [0, 0.1) is 11.1 Å². The van der Waals surface area contributed by atoms with E-state index in [-0.39, 0.29) is 7.92 Å². The van der Waals surface area contributed by atoms with E-state index < -0.39 is 0 Å². The Morgan fingerprint density at radius 2 is 2.00 bits per heavy atom. The van der Waals surface area contributed by atoms with E-state index in [1.54, 1.807) is 0 Å². The van der Waals surface area contributed by atoms with Crippen LogP contribution in [-0.2, 0) is 0 Å². The molecule has 0 spiro atoms. The molecule has 0 radical (unpaired) electrons. The maximum absolute atomic E-state index is 8.28. The molecule has 7 heavy (non-hydrogen) atoms. The highest BCUT2D eigenvalue weighted by Crippen LogP contribution is 2.33. The topological polar surface area (TPSA) is 23.8 Å². The smallest absolute Gasteiger partial charge is 0.0871 e. The number of rotatable bonds is 1. The number of nitriles is 1. The van der Waals surface area contributed by atoms with E-state index in [0.29, 0.717) is 5.66 Å². The van der Waals surface area contributed by atoms with E-state index in [4.69, 9.17) is 5.26 Å². The lowest BCUT2D eigenvalue weighted by atomic mass is 10.6. The summed E-state index contributed by atoms with van der Waals surface area (Å²) in [5, 5.41) is 8.28.